The summed E-state index contributed by atoms with van der Waals surface area (Å²) in [4.78, 5) is 4.36. The van der Waals surface area contributed by atoms with E-state index in [0.29, 0.717) is 6.61 Å². The van der Waals surface area contributed by atoms with Crippen LogP contribution in [0.3, 0.4) is 0 Å². The number of oxime groups is 1. The highest BCUT2D eigenvalue weighted by Crippen LogP contribution is 2.17. The van der Waals surface area contributed by atoms with Crippen molar-refractivity contribution >= 4 is 17.0 Å². The SMILES string of the molecule is C/C(CCc1ccc(OCc2nc(C)cs2)cc1)=N/O. The van der Waals surface area contributed by atoms with Crippen molar-refractivity contribution < 1.29 is 9.94 Å². The van der Waals surface area contributed by atoms with Crippen LogP contribution in [0.4, 0.5) is 0 Å². The topological polar surface area (TPSA) is 54.7 Å². The quantitative estimate of drug-likeness (QED) is 0.500. The molecule has 0 saturated carbocycles. The summed E-state index contributed by atoms with van der Waals surface area (Å²) in [6.45, 7) is 4.30. The first-order valence-corrected chi connectivity index (χ1v) is 7.35. The molecule has 2 rings (SSSR count). The van der Waals surface area contributed by atoms with Crippen molar-refractivity contribution in [2.24, 2.45) is 5.16 Å². The van der Waals surface area contributed by atoms with Gasteiger partial charge in [0.1, 0.15) is 17.4 Å². The summed E-state index contributed by atoms with van der Waals surface area (Å²) < 4.78 is 5.69. The van der Waals surface area contributed by atoms with Crippen molar-refractivity contribution in [3.05, 3.63) is 45.9 Å². The molecule has 20 heavy (non-hydrogen) atoms. The largest absolute Gasteiger partial charge is 0.486 e. The van der Waals surface area contributed by atoms with Crippen LogP contribution in [0.25, 0.3) is 0 Å². The lowest BCUT2D eigenvalue weighted by Gasteiger charge is -2.05. The molecular formula is C15H18N2O2S. The van der Waals surface area contributed by atoms with Gasteiger partial charge in [0, 0.05) is 11.1 Å². The number of rotatable bonds is 6. The Bertz CT molecular complexity index is 576. The Labute approximate surface area is 122 Å². The van der Waals surface area contributed by atoms with Crippen LogP contribution in [-0.2, 0) is 13.0 Å². The lowest BCUT2D eigenvalue weighted by molar-refractivity contribution is 0.305. The van der Waals surface area contributed by atoms with E-state index in [1.807, 2.05) is 43.5 Å². The van der Waals surface area contributed by atoms with Gasteiger partial charge >= 0.3 is 0 Å². The van der Waals surface area contributed by atoms with E-state index in [0.717, 1.165) is 35.0 Å². The summed E-state index contributed by atoms with van der Waals surface area (Å²) in [7, 11) is 0. The van der Waals surface area contributed by atoms with Gasteiger partial charge in [0.2, 0.25) is 0 Å². The molecule has 2 aromatic rings. The summed E-state index contributed by atoms with van der Waals surface area (Å²) >= 11 is 1.61. The van der Waals surface area contributed by atoms with Crippen molar-refractivity contribution in [3.8, 4) is 5.75 Å². The average Bonchev–Trinajstić information content (AvgIpc) is 2.89. The van der Waals surface area contributed by atoms with Crippen LogP contribution in [0.5, 0.6) is 5.75 Å². The first-order chi connectivity index (χ1) is 9.67. The second-order valence-electron chi connectivity index (χ2n) is 4.65. The molecule has 1 heterocycles. The zero-order valence-corrected chi connectivity index (χ0v) is 12.5. The zero-order chi connectivity index (χ0) is 14.4. The van der Waals surface area contributed by atoms with E-state index in [-0.39, 0.29) is 0 Å². The predicted octanol–water partition coefficient (Wildman–Crippen LogP) is 3.81. The van der Waals surface area contributed by atoms with Crippen LogP contribution in [0, 0.1) is 6.92 Å². The highest BCUT2D eigenvalue weighted by atomic mass is 32.1. The minimum absolute atomic E-state index is 0.508. The number of nitrogens with zero attached hydrogens (tertiary/aromatic N) is 2. The number of benzene rings is 1. The molecular weight excluding hydrogens is 272 g/mol. The van der Waals surface area contributed by atoms with E-state index in [4.69, 9.17) is 9.94 Å². The van der Waals surface area contributed by atoms with E-state index in [1.165, 1.54) is 5.56 Å². The lowest BCUT2D eigenvalue weighted by Crippen LogP contribution is -1.97. The van der Waals surface area contributed by atoms with Gasteiger partial charge in [-0.15, -0.1) is 11.3 Å². The monoisotopic (exact) mass is 290 g/mol. The standard InChI is InChI=1S/C15H18N2O2S/c1-11(17-18)3-4-13-5-7-14(8-6-13)19-9-15-16-12(2)10-20-15/h5-8,10,18H,3-4,9H2,1-2H3/b17-11-. The van der Waals surface area contributed by atoms with Crippen LogP contribution in [0.15, 0.2) is 34.8 Å². The molecule has 0 spiro atoms. The van der Waals surface area contributed by atoms with E-state index in [1.54, 1.807) is 11.3 Å². The maximum Gasteiger partial charge on any atom is 0.140 e. The number of thiazole rings is 1. The summed E-state index contributed by atoms with van der Waals surface area (Å²) in [6, 6.07) is 7.99. The third kappa shape index (κ3) is 4.35. The van der Waals surface area contributed by atoms with E-state index >= 15 is 0 Å². The third-order valence-electron chi connectivity index (χ3n) is 2.90. The highest BCUT2D eigenvalue weighted by Gasteiger charge is 2.01. The lowest BCUT2D eigenvalue weighted by atomic mass is 10.1. The highest BCUT2D eigenvalue weighted by molar-refractivity contribution is 7.09. The normalized spacial score (nSPS) is 11.6. The van der Waals surface area contributed by atoms with Gasteiger partial charge in [0.05, 0.1) is 5.71 Å². The van der Waals surface area contributed by atoms with Crippen molar-refractivity contribution in [3.63, 3.8) is 0 Å². The van der Waals surface area contributed by atoms with Crippen LogP contribution >= 0.6 is 11.3 Å². The molecule has 0 saturated heterocycles. The van der Waals surface area contributed by atoms with Gasteiger partial charge in [-0.1, -0.05) is 17.3 Å². The first kappa shape index (κ1) is 14.5. The molecule has 1 aromatic heterocycles. The number of hydrogen-bond donors (Lipinski definition) is 1. The van der Waals surface area contributed by atoms with Gasteiger partial charge in [0.15, 0.2) is 0 Å². The van der Waals surface area contributed by atoms with Crippen molar-refractivity contribution in [1.82, 2.24) is 4.98 Å². The second-order valence-corrected chi connectivity index (χ2v) is 5.59. The van der Waals surface area contributed by atoms with E-state index in [2.05, 4.69) is 10.1 Å². The van der Waals surface area contributed by atoms with E-state index in [9.17, 15) is 0 Å². The van der Waals surface area contributed by atoms with Gasteiger partial charge < -0.3 is 9.94 Å². The van der Waals surface area contributed by atoms with Crippen LogP contribution in [-0.4, -0.2) is 15.9 Å². The second kappa shape index (κ2) is 7.05. The molecule has 5 heteroatoms. The summed E-state index contributed by atoms with van der Waals surface area (Å²) in [5.74, 6) is 0.842. The van der Waals surface area contributed by atoms with Gasteiger partial charge in [-0.05, 0) is 44.4 Å². The van der Waals surface area contributed by atoms with Gasteiger partial charge in [-0.3, -0.25) is 0 Å². The Kier molecular flexibility index (Phi) is 5.12. The molecule has 0 aliphatic heterocycles. The maximum atomic E-state index is 8.60. The fraction of sp³-hybridized carbons (Fsp3) is 0.333. The Hall–Kier alpha value is -1.88. The van der Waals surface area contributed by atoms with Crippen LogP contribution in [0.1, 0.15) is 29.6 Å². The molecule has 1 N–H and O–H groups in total. The van der Waals surface area contributed by atoms with Gasteiger partial charge in [0.25, 0.3) is 0 Å². The number of aromatic nitrogens is 1. The fourth-order valence-corrected chi connectivity index (χ4v) is 2.42. The molecule has 106 valence electrons. The third-order valence-corrected chi connectivity index (χ3v) is 3.84. The molecule has 4 nitrogen and oxygen atoms in total. The molecule has 0 aliphatic carbocycles. The van der Waals surface area contributed by atoms with E-state index < -0.39 is 0 Å². The number of aryl methyl sites for hydroxylation is 2. The summed E-state index contributed by atoms with van der Waals surface area (Å²) in [5, 5.41) is 14.8. The summed E-state index contributed by atoms with van der Waals surface area (Å²) in [6.07, 6.45) is 1.62. The van der Waals surface area contributed by atoms with Crippen molar-refractivity contribution in [2.45, 2.75) is 33.3 Å². The number of hydrogen-bond acceptors (Lipinski definition) is 5. The zero-order valence-electron chi connectivity index (χ0n) is 11.7. The molecule has 0 unspecified atom stereocenters. The molecule has 0 fully saturated rings. The fourth-order valence-electron chi connectivity index (χ4n) is 1.74. The smallest absolute Gasteiger partial charge is 0.140 e. The average molecular weight is 290 g/mol. The molecule has 0 radical (unpaired) electrons. The summed E-state index contributed by atoms with van der Waals surface area (Å²) in [5.41, 5.74) is 2.97. The Morgan fingerprint density at radius 1 is 1.35 bits per heavy atom. The van der Waals surface area contributed by atoms with Crippen LogP contribution < -0.4 is 4.74 Å². The molecule has 0 amide bonds. The Morgan fingerprint density at radius 3 is 2.70 bits per heavy atom. The Morgan fingerprint density at radius 2 is 2.10 bits per heavy atom. The first-order valence-electron chi connectivity index (χ1n) is 6.47. The van der Waals surface area contributed by atoms with Gasteiger partial charge in [-0.2, -0.15) is 0 Å². The molecule has 1 aromatic carbocycles. The number of ether oxygens (including phenoxy) is 1. The Balaban J connectivity index is 1.85. The molecule has 0 atom stereocenters. The minimum Gasteiger partial charge on any atom is -0.486 e. The molecule has 0 bridgehead atoms. The maximum absolute atomic E-state index is 8.60. The van der Waals surface area contributed by atoms with Crippen molar-refractivity contribution in [2.75, 3.05) is 0 Å². The van der Waals surface area contributed by atoms with Crippen molar-refractivity contribution in [1.29, 1.82) is 0 Å². The van der Waals surface area contributed by atoms with Crippen LogP contribution in [0.2, 0.25) is 0 Å². The predicted molar refractivity (Wildman–Crippen MR) is 80.8 cm³/mol. The molecule has 0 aliphatic rings. The van der Waals surface area contributed by atoms with Gasteiger partial charge in [-0.25, -0.2) is 4.98 Å². The minimum atomic E-state index is 0.508.